The molecule has 0 N–H and O–H groups in total. The summed E-state index contributed by atoms with van der Waals surface area (Å²) in [5, 5.41) is 0. The predicted molar refractivity (Wildman–Crippen MR) is 107 cm³/mol. The van der Waals surface area contributed by atoms with Gasteiger partial charge in [0, 0.05) is 34.3 Å². The average molecular weight is 382 g/mol. The molecule has 3 aromatic rings. The van der Waals surface area contributed by atoms with Gasteiger partial charge in [-0.1, -0.05) is 42.1 Å². The molecule has 1 unspecified atom stereocenters. The zero-order valence-electron chi connectivity index (χ0n) is 14.6. The van der Waals surface area contributed by atoms with Gasteiger partial charge < -0.3 is 4.90 Å². The van der Waals surface area contributed by atoms with Crippen molar-refractivity contribution in [3.63, 3.8) is 0 Å². The van der Waals surface area contributed by atoms with Crippen LogP contribution in [0, 0.1) is 0 Å². The van der Waals surface area contributed by atoms with E-state index in [9.17, 15) is 9.00 Å². The van der Waals surface area contributed by atoms with Crippen molar-refractivity contribution in [2.75, 3.05) is 11.9 Å². The summed E-state index contributed by atoms with van der Waals surface area (Å²) < 4.78 is 13.1. The van der Waals surface area contributed by atoms with Gasteiger partial charge in [0.05, 0.1) is 15.7 Å². The van der Waals surface area contributed by atoms with Crippen LogP contribution in [-0.2, 0) is 15.6 Å². The lowest BCUT2D eigenvalue weighted by Gasteiger charge is -2.15. The molecule has 26 heavy (non-hydrogen) atoms. The highest BCUT2D eigenvalue weighted by Gasteiger charge is 2.14. The fourth-order valence-electron chi connectivity index (χ4n) is 2.41. The van der Waals surface area contributed by atoms with Crippen LogP contribution in [0.2, 0.25) is 0 Å². The van der Waals surface area contributed by atoms with E-state index in [2.05, 4.69) is 0 Å². The predicted octanol–water partition coefficient (Wildman–Crippen LogP) is 4.99. The van der Waals surface area contributed by atoms with Crippen LogP contribution in [-0.4, -0.2) is 17.2 Å². The summed E-state index contributed by atoms with van der Waals surface area (Å²) in [4.78, 5) is 16.6. The number of benzene rings is 3. The van der Waals surface area contributed by atoms with Gasteiger partial charge in [-0.25, -0.2) is 4.21 Å². The third-order valence-corrected chi connectivity index (χ3v) is 6.60. The largest absolute Gasteiger partial charge is 0.316 e. The molecule has 0 spiro atoms. The highest BCUT2D eigenvalue weighted by molar-refractivity contribution is 8.00. The molecule has 0 aliphatic carbocycles. The van der Waals surface area contributed by atoms with Gasteiger partial charge in [-0.15, -0.1) is 0 Å². The molecule has 0 heterocycles. The van der Waals surface area contributed by atoms with Crippen molar-refractivity contribution in [3.8, 4) is 0 Å². The molecule has 0 bridgehead atoms. The van der Waals surface area contributed by atoms with Crippen molar-refractivity contribution in [1.29, 1.82) is 0 Å². The first-order valence-electron chi connectivity index (χ1n) is 8.14. The second-order valence-corrected chi connectivity index (χ2v) is 8.27. The van der Waals surface area contributed by atoms with Crippen molar-refractivity contribution >= 4 is 34.2 Å². The van der Waals surface area contributed by atoms with Gasteiger partial charge >= 0.3 is 0 Å². The van der Waals surface area contributed by atoms with Crippen LogP contribution in [0.15, 0.2) is 98.4 Å². The average Bonchev–Trinajstić information content (AvgIpc) is 2.68. The Morgan fingerprint density at radius 1 is 0.885 bits per heavy atom. The van der Waals surface area contributed by atoms with Crippen LogP contribution in [0.5, 0.6) is 0 Å². The Bertz CT molecular complexity index is 924. The number of amides is 1. The van der Waals surface area contributed by atoms with Gasteiger partial charge in [0.1, 0.15) is 0 Å². The van der Waals surface area contributed by atoms with Crippen LogP contribution in [0.4, 0.5) is 5.69 Å². The van der Waals surface area contributed by atoms with Crippen molar-refractivity contribution in [1.82, 2.24) is 0 Å². The van der Waals surface area contributed by atoms with Crippen LogP contribution < -0.4 is 4.90 Å². The number of nitrogens with zero attached hydrogens (tertiary/aromatic N) is 1. The number of anilines is 1. The van der Waals surface area contributed by atoms with E-state index in [4.69, 9.17) is 0 Å². The maximum absolute atomic E-state index is 13.1. The van der Waals surface area contributed by atoms with Crippen molar-refractivity contribution < 1.29 is 9.00 Å². The maximum atomic E-state index is 13.1. The SMILES string of the molecule is CC(=O)N(C)c1ccc(S(=O)c2ccccc2Sc2ccccc2)cc1. The Morgan fingerprint density at radius 3 is 2.15 bits per heavy atom. The fraction of sp³-hybridized carbons (Fsp3) is 0.0952. The van der Waals surface area contributed by atoms with E-state index in [1.165, 1.54) is 6.92 Å². The summed E-state index contributed by atoms with van der Waals surface area (Å²) >= 11 is 1.60. The normalized spacial score (nSPS) is 11.8. The van der Waals surface area contributed by atoms with Gasteiger partial charge in [-0.05, 0) is 48.5 Å². The molecule has 132 valence electrons. The van der Waals surface area contributed by atoms with Crippen LogP contribution in [0.1, 0.15) is 6.92 Å². The van der Waals surface area contributed by atoms with Crippen molar-refractivity contribution in [3.05, 3.63) is 78.9 Å². The van der Waals surface area contributed by atoms with E-state index >= 15 is 0 Å². The molecule has 1 atom stereocenters. The monoisotopic (exact) mass is 381 g/mol. The van der Waals surface area contributed by atoms with Crippen LogP contribution >= 0.6 is 11.8 Å². The van der Waals surface area contributed by atoms with Gasteiger partial charge in [-0.2, -0.15) is 0 Å². The lowest BCUT2D eigenvalue weighted by atomic mass is 10.3. The zero-order chi connectivity index (χ0) is 18.5. The van der Waals surface area contributed by atoms with E-state index < -0.39 is 10.8 Å². The zero-order valence-corrected chi connectivity index (χ0v) is 16.2. The Labute approximate surface area is 160 Å². The Balaban J connectivity index is 1.87. The third kappa shape index (κ3) is 4.23. The van der Waals surface area contributed by atoms with Crippen LogP contribution in [0.3, 0.4) is 0 Å². The van der Waals surface area contributed by atoms with Gasteiger partial charge in [0.15, 0.2) is 0 Å². The first-order valence-corrected chi connectivity index (χ1v) is 10.1. The van der Waals surface area contributed by atoms with Gasteiger partial charge in [0.2, 0.25) is 5.91 Å². The number of hydrogen-bond acceptors (Lipinski definition) is 3. The topological polar surface area (TPSA) is 37.4 Å². The smallest absolute Gasteiger partial charge is 0.223 e. The minimum atomic E-state index is -1.29. The molecule has 5 heteroatoms. The number of rotatable bonds is 5. The van der Waals surface area contributed by atoms with Crippen molar-refractivity contribution in [2.24, 2.45) is 0 Å². The minimum Gasteiger partial charge on any atom is -0.316 e. The van der Waals surface area contributed by atoms with E-state index in [0.29, 0.717) is 4.90 Å². The standard InChI is InChI=1S/C21H19NO2S2/c1-16(23)22(2)17-12-14-19(15-13-17)26(24)21-11-7-6-10-20(21)25-18-8-4-3-5-9-18/h3-15H,1-2H3. The molecule has 0 saturated carbocycles. The molecular formula is C21H19NO2S2. The summed E-state index contributed by atoms with van der Waals surface area (Å²) in [5.74, 6) is -0.0384. The van der Waals surface area contributed by atoms with Crippen molar-refractivity contribution in [2.45, 2.75) is 26.5 Å². The number of hydrogen-bond donors (Lipinski definition) is 0. The first-order chi connectivity index (χ1) is 12.6. The summed E-state index contributed by atoms with van der Waals surface area (Å²) in [5.41, 5.74) is 0.783. The van der Waals surface area contributed by atoms with E-state index in [0.717, 1.165) is 20.4 Å². The molecule has 1 amide bonds. The number of carbonyl (C=O) groups is 1. The molecule has 0 fully saturated rings. The Hall–Kier alpha value is -2.37. The molecule has 3 rings (SSSR count). The summed E-state index contributed by atoms with van der Waals surface area (Å²) in [7, 11) is 0.434. The second-order valence-electron chi connectivity index (χ2n) is 5.70. The molecule has 0 aromatic heterocycles. The highest BCUT2D eigenvalue weighted by Crippen LogP contribution is 2.33. The lowest BCUT2D eigenvalue weighted by Crippen LogP contribution is -2.22. The lowest BCUT2D eigenvalue weighted by molar-refractivity contribution is -0.116. The fourth-order valence-corrected chi connectivity index (χ4v) is 4.71. The van der Waals surface area contributed by atoms with E-state index in [1.807, 2.05) is 78.9 Å². The number of carbonyl (C=O) groups excluding carboxylic acids is 1. The molecule has 0 aliphatic heterocycles. The van der Waals surface area contributed by atoms with E-state index in [-0.39, 0.29) is 5.91 Å². The summed E-state index contributed by atoms with van der Waals surface area (Å²) in [6.07, 6.45) is 0. The minimum absolute atomic E-state index is 0.0384. The maximum Gasteiger partial charge on any atom is 0.223 e. The van der Waals surface area contributed by atoms with E-state index in [1.54, 1.807) is 23.7 Å². The second kappa shape index (κ2) is 8.34. The van der Waals surface area contributed by atoms with Gasteiger partial charge in [0.25, 0.3) is 0 Å². The quantitative estimate of drug-likeness (QED) is 0.625. The third-order valence-electron chi connectivity index (χ3n) is 3.93. The molecule has 0 aliphatic rings. The Kier molecular flexibility index (Phi) is 5.91. The molecule has 0 radical (unpaired) electrons. The molecular weight excluding hydrogens is 362 g/mol. The summed E-state index contributed by atoms with van der Waals surface area (Å²) in [6.45, 7) is 1.52. The first kappa shape index (κ1) is 18.4. The molecule has 3 aromatic carbocycles. The molecule has 0 saturated heterocycles. The Morgan fingerprint density at radius 2 is 1.50 bits per heavy atom. The summed E-state index contributed by atoms with van der Waals surface area (Å²) in [6, 6.07) is 25.1. The van der Waals surface area contributed by atoms with Gasteiger partial charge in [-0.3, -0.25) is 4.79 Å². The highest BCUT2D eigenvalue weighted by atomic mass is 32.2. The van der Waals surface area contributed by atoms with Crippen LogP contribution in [0.25, 0.3) is 0 Å². The molecule has 3 nitrogen and oxygen atoms in total.